The minimum atomic E-state index is -1.02. The quantitative estimate of drug-likeness (QED) is 0.656. The lowest BCUT2D eigenvalue weighted by molar-refractivity contribution is 0.0898. The third-order valence-electron chi connectivity index (χ3n) is 3.40. The Kier molecular flexibility index (Phi) is 4.62. The summed E-state index contributed by atoms with van der Waals surface area (Å²) in [5.41, 5.74) is 9.09. The summed E-state index contributed by atoms with van der Waals surface area (Å²) in [5, 5.41) is 0. The average molecular weight is 291 g/mol. The zero-order valence-electron chi connectivity index (χ0n) is 12.9. The first-order chi connectivity index (χ1) is 9.37. The van der Waals surface area contributed by atoms with E-state index in [9.17, 15) is 0 Å². The van der Waals surface area contributed by atoms with Gasteiger partial charge in [0, 0.05) is 20.7 Å². The van der Waals surface area contributed by atoms with Gasteiger partial charge in [0.15, 0.2) is 0 Å². The largest absolute Gasteiger partial charge is 0.361 e. The van der Waals surface area contributed by atoms with Crippen molar-refractivity contribution in [3.8, 4) is 0 Å². The van der Waals surface area contributed by atoms with Gasteiger partial charge in [-0.25, -0.2) is 4.98 Å². The number of rotatable bonds is 6. The van der Waals surface area contributed by atoms with Gasteiger partial charge in [-0.2, -0.15) is 0 Å². The van der Waals surface area contributed by atoms with Crippen molar-refractivity contribution in [1.82, 2.24) is 9.55 Å². The summed E-state index contributed by atoms with van der Waals surface area (Å²) >= 11 is 0. The van der Waals surface area contributed by atoms with Gasteiger partial charge in [-0.15, -0.1) is 0 Å². The van der Waals surface area contributed by atoms with Gasteiger partial charge in [0.25, 0.3) is 0 Å². The van der Waals surface area contributed by atoms with E-state index in [0.29, 0.717) is 6.73 Å². The van der Waals surface area contributed by atoms with Crippen LogP contribution in [0.2, 0.25) is 25.7 Å². The summed E-state index contributed by atoms with van der Waals surface area (Å²) in [6.07, 6.45) is 1.84. The standard InChI is InChI=1S/C15H25N3OSi/c1-12(16)13-5-6-15-14(9-13)17-10-18(15)11-19-7-8-20(2,3)4/h5-6,9-10,12H,7-8,11,16H2,1-4H3/t12-/m1/s1. The van der Waals surface area contributed by atoms with Gasteiger partial charge >= 0.3 is 0 Å². The Morgan fingerprint density at radius 3 is 2.75 bits per heavy atom. The topological polar surface area (TPSA) is 53.1 Å². The molecule has 110 valence electrons. The van der Waals surface area contributed by atoms with Gasteiger partial charge in [0.2, 0.25) is 0 Å². The van der Waals surface area contributed by atoms with E-state index in [-0.39, 0.29) is 6.04 Å². The van der Waals surface area contributed by atoms with E-state index in [2.05, 4.69) is 42.8 Å². The first kappa shape index (κ1) is 15.2. The van der Waals surface area contributed by atoms with Crippen molar-refractivity contribution in [3.05, 3.63) is 30.1 Å². The summed E-state index contributed by atoms with van der Waals surface area (Å²) in [4.78, 5) is 4.43. The van der Waals surface area contributed by atoms with Crippen LogP contribution in [0.25, 0.3) is 11.0 Å². The number of fused-ring (bicyclic) bond motifs is 1. The second kappa shape index (κ2) is 6.07. The summed E-state index contributed by atoms with van der Waals surface area (Å²) in [6, 6.07) is 7.42. The average Bonchev–Trinajstić information content (AvgIpc) is 2.76. The third-order valence-corrected chi connectivity index (χ3v) is 5.10. The molecule has 1 atom stereocenters. The molecule has 0 bridgehead atoms. The number of hydrogen-bond acceptors (Lipinski definition) is 3. The van der Waals surface area contributed by atoms with Crippen LogP contribution in [0.1, 0.15) is 18.5 Å². The first-order valence-electron chi connectivity index (χ1n) is 7.15. The zero-order valence-corrected chi connectivity index (χ0v) is 13.9. The molecule has 1 aromatic carbocycles. The van der Waals surface area contributed by atoms with Crippen molar-refractivity contribution in [2.45, 2.75) is 45.4 Å². The van der Waals surface area contributed by atoms with Crippen LogP contribution in [-0.4, -0.2) is 24.2 Å². The van der Waals surface area contributed by atoms with Crippen molar-refractivity contribution in [2.75, 3.05) is 6.61 Å². The lowest BCUT2D eigenvalue weighted by Gasteiger charge is -2.15. The molecule has 1 aromatic heterocycles. The Bertz CT molecular complexity index is 572. The third kappa shape index (κ3) is 3.91. The fraction of sp³-hybridized carbons (Fsp3) is 0.533. The molecule has 4 nitrogen and oxygen atoms in total. The molecule has 1 heterocycles. The molecule has 0 fully saturated rings. The van der Waals surface area contributed by atoms with E-state index >= 15 is 0 Å². The second-order valence-corrected chi connectivity index (χ2v) is 12.2. The first-order valence-corrected chi connectivity index (χ1v) is 10.9. The van der Waals surface area contributed by atoms with E-state index in [1.165, 1.54) is 6.04 Å². The Hall–Kier alpha value is -1.17. The molecule has 0 spiro atoms. The van der Waals surface area contributed by atoms with Gasteiger partial charge in [-0.1, -0.05) is 25.7 Å². The lowest BCUT2D eigenvalue weighted by Crippen LogP contribution is -2.21. The maximum Gasteiger partial charge on any atom is 0.124 e. The van der Waals surface area contributed by atoms with E-state index in [0.717, 1.165) is 23.2 Å². The summed E-state index contributed by atoms with van der Waals surface area (Å²) in [7, 11) is -1.02. The predicted octanol–water partition coefficient (Wildman–Crippen LogP) is 3.37. The Morgan fingerprint density at radius 2 is 2.10 bits per heavy atom. The molecule has 2 rings (SSSR count). The zero-order chi connectivity index (χ0) is 14.8. The fourth-order valence-electron chi connectivity index (χ4n) is 2.01. The Morgan fingerprint density at radius 1 is 1.35 bits per heavy atom. The summed E-state index contributed by atoms with van der Waals surface area (Å²) in [6.45, 7) is 10.5. The van der Waals surface area contributed by atoms with Crippen molar-refractivity contribution in [1.29, 1.82) is 0 Å². The van der Waals surface area contributed by atoms with Crippen LogP contribution >= 0.6 is 0 Å². The molecule has 0 radical (unpaired) electrons. The molecular formula is C15H25N3OSi. The molecule has 0 saturated carbocycles. The van der Waals surface area contributed by atoms with E-state index in [4.69, 9.17) is 10.5 Å². The van der Waals surface area contributed by atoms with Crippen LogP contribution in [0.15, 0.2) is 24.5 Å². The molecule has 5 heteroatoms. The minimum Gasteiger partial charge on any atom is -0.361 e. The van der Waals surface area contributed by atoms with E-state index in [1.54, 1.807) is 0 Å². The molecule has 0 unspecified atom stereocenters. The minimum absolute atomic E-state index is 0.0394. The van der Waals surface area contributed by atoms with Gasteiger partial charge in [0.05, 0.1) is 17.4 Å². The maximum absolute atomic E-state index is 5.90. The summed E-state index contributed by atoms with van der Waals surface area (Å²) in [5.74, 6) is 0. The van der Waals surface area contributed by atoms with Crippen LogP contribution in [0.3, 0.4) is 0 Å². The highest BCUT2D eigenvalue weighted by Gasteiger charge is 2.12. The van der Waals surface area contributed by atoms with Gasteiger partial charge < -0.3 is 15.0 Å². The number of benzene rings is 1. The molecule has 2 aromatic rings. The van der Waals surface area contributed by atoms with Crippen molar-refractivity contribution < 1.29 is 4.74 Å². The number of aromatic nitrogens is 2. The van der Waals surface area contributed by atoms with Crippen LogP contribution in [-0.2, 0) is 11.5 Å². The van der Waals surface area contributed by atoms with E-state index in [1.807, 2.05) is 17.8 Å². The van der Waals surface area contributed by atoms with Gasteiger partial charge in [0.1, 0.15) is 6.73 Å². The smallest absolute Gasteiger partial charge is 0.124 e. The molecule has 0 amide bonds. The van der Waals surface area contributed by atoms with Crippen molar-refractivity contribution in [2.24, 2.45) is 5.73 Å². The highest BCUT2D eigenvalue weighted by atomic mass is 28.3. The highest BCUT2D eigenvalue weighted by Crippen LogP contribution is 2.18. The van der Waals surface area contributed by atoms with Gasteiger partial charge in [-0.05, 0) is 30.7 Å². The second-order valence-electron chi connectivity index (χ2n) is 6.60. The van der Waals surface area contributed by atoms with Crippen LogP contribution < -0.4 is 5.73 Å². The number of imidazole rings is 1. The van der Waals surface area contributed by atoms with Crippen molar-refractivity contribution >= 4 is 19.1 Å². The summed E-state index contributed by atoms with van der Waals surface area (Å²) < 4.78 is 7.82. The molecule has 0 saturated heterocycles. The van der Waals surface area contributed by atoms with Gasteiger partial charge in [-0.3, -0.25) is 0 Å². The molecule has 20 heavy (non-hydrogen) atoms. The Labute approximate surface area is 122 Å². The number of nitrogens with zero attached hydrogens (tertiary/aromatic N) is 2. The molecule has 0 aliphatic rings. The predicted molar refractivity (Wildman–Crippen MR) is 86.4 cm³/mol. The fourth-order valence-corrected chi connectivity index (χ4v) is 2.76. The SMILES string of the molecule is C[C@@H](N)c1ccc2c(c1)ncn2COCC[Si](C)(C)C. The Balaban J connectivity index is 2.01. The van der Waals surface area contributed by atoms with Crippen molar-refractivity contribution in [3.63, 3.8) is 0 Å². The van der Waals surface area contributed by atoms with Crippen LogP contribution in [0, 0.1) is 0 Å². The maximum atomic E-state index is 5.90. The number of nitrogens with two attached hydrogens (primary N) is 1. The monoisotopic (exact) mass is 291 g/mol. The van der Waals surface area contributed by atoms with E-state index < -0.39 is 8.07 Å². The lowest BCUT2D eigenvalue weighted by atomic mass is 10.1. The van der Waals surface area contributed by atoms with Crippen LogP contribution in [0.5, 0.6) is 0 Å². The molecule has 0 aliphatic heterocycles. The normalized spacial score (nSPS) is 13.8. The molecular weight excluding hydrogens is 266 g/mol. The highest BCUT2D eigenvalue weighted by molar-refractivity contribution is 6.76. The molecule has 2 N–H and O–H groups in total. The van der Waals surface area contributed by atoms with Crippen LogP contribution in [0.4, 0.5) is 0 Å². The molecule has 0 aliphatic carbocycles. The number of ether oxygens (including phenoxy) is 1. The number of hydrogen-bond donors (Lipinski definition) is 1.